The minimum atomic E-state index is -0.0733. The lowest BCUT2D eigenvalue weighted by molar-refractivity contribution is -0.0379. The minimum Gasteiger partial charge on any atom is -0.396 e. The molecule has 0 bridgehead atoms. The van der Waals surface area contributed by atoms with Gasteiger partial charge in [-0.25, -0.2) is 4.98 Å². The molecule has 0 aliphatic carbocycles. The van der Waals surface area contributed by atoms with Crippen molar-refractivity contribution < 1.29 is 9.84 Å². The zero-order valence-electron chi connectivity index (χ0n) is 8.11. The van der Waals surface area contributed by atoms with Crippen LogP contribution in [0.4, 0.5) is 0 Å². The molecular formula is C10H15NO2S. The smallest absolute Gasteiger partial charge is 0.0932 e. The van der Waals surface area contributed by atoms with Crippen LogP contribution in [0.2, 0.25) is 0 Å². The molecule has 0 spiro atoms. The standard InChI is InChI=1S/C10H15NO2S/c12-7-10(2-1-4-13-8-10)6-9-11-3-5-14-9/h3,5,12H,1-2,4,6-8H2. The molecule has 1 unspecified atom stereocenters. The Hall–Kier alpha value is -0.450. The lowest BCUT2D eigenvalue weighted by Crippen LogP contribution is -2.37. The summed E-state index contributed by atoms with van der Waals surface area (Å²) in [5.74, 6) is 0. The molecule has 14 heavy (non-hydrogen) atoms. The highest BCUT2D eigenvalue weighted by molar-refractivity contribution is 7.09. The van der Waals surface area contributed by atoms with E-state index in [1.54, 1.807) is 11.3 Å². The first kappa shape index (κ1) is 10.1. The summed E-state index contributed by atoms with van der Waals surface area (Å²) in [6, 6.07) is 0. The van der Waals surface area contributed by atoms with Gasteiger partial charge in [0.15, 0.2) is 0 Å². The van der Waals surface area contributed by atoms with Crippen molar-refractivity contribution in [3.63, 3.8) is 0 Å². The predicted octanol–water partition coefficient (Wildman–Crippen LogP) is 1.47. The van der Waals surface area contributed by atoms with E-state index >= 15 is 0 Å². The fraction of sp³-hybridized carbons (Fsp3) is 0.700. The van der Waals surface area contributed by atoms with E-state index in [-0.39, 0.29) is 12.0 Å². The van der Waals surface area contributed by atoms with Gasteiger partial charge < -0.3 is 9.84 Å². The molecule has 2 rings (SSSR count). The fourth-order valence-corrected chi connectivity index (χ4v) is 2.68. The van der Waals surface area contributed by atoms with Crippen LogP contribution in [0.15, 0.2) is 11.6 Å². The van der Waals surface area contributed by atoms with Gasteiger partial charge in [-0.2, -0.15) is 0 Å². The van der Waals surface area contributed by atoms with E-state index in [0.717, 1.165) is 30.9 Å². The Bertz CT molecular complexity index is 268. The van der Waals surface area contributed by atoms with Crippen molar-refractivity contribution in [1.29, 1.82) is 0 Å². The molecule has 0 saturated carbocycles. The normalized spacial score (nSPS) is 27.8. The number of aliphatic hydroxyl groups excluding tert-OH is 1. The maximum Gasteiger partial charge on any atom is 0.0932 e. The Balaban J connectivity index is 2.04. The summed E-state index contributed by atoms with van der Waals surface area (Å²) in [4.78, 5) is 4.26. The van der Waals surface area contributed by atoms with Crippen molar-refractivity contribution in [1.82, 2.24) is 4.98 Å². The molecule has 1 N–H and O–H groups in total. The van der Waals surface area contributed by atoms with Gasteiger partial charge in [-0.1, -0.05) is 0 Å². The Morgan fingerprint density at radius 2 is 2.57 bits per heavy atom. The number of hydrogen-bond donors (Lipinski definition) is 1. The Morgan fingerprint density at radius 3 is 3.14 bits per heavy atom. The van der Waals surface area contributed by atoms with Gasteiger partial charge in [-0.05, 0) is 12.8 Å². The molecule has 0 aromatic carbocycles. The Kier molecular flexibility index (Phi) is 3.15. The molecule has 1 atom stereocenters. The molecule has 1 aromatic heterocycles. The van der Waals surface area contributed by atoms with Gasteiger partial charge in [-0.15, -0.1) is 11.3 Å². The average molecular weight is 213 g/mol. The summed E-state index contributed by atoms with van der Waals surface area (Å²) in [7, 11) is 0. The number of aliphatic hydroxyl groups is 1. The van der Waals surface area contributed by atoms with E-state index in [2.05, 4.69) is 4.98 Å². The van der Waals surface area contributed by atoms with Crippen LogP contribution in [0.5, 0.6) is 0 Å². The minimum absolute atomic E-state index is 0.0733. The third kappa shape index (κ3) is 2.13. The van der Waals surface area contributed by atoms with E-state index in [4.69, 9.17) is 4.74 Å². The van der Waals surface area contributed by atoms with Gasteiger partial charge >= 0.3 is 0 Å². The summed E-state index contributed by atoms with van der Waals surface area (Å²) < 4.78 is 5.44. The SMILES string of the molecule is OCC1(Cc2nccs2)CCCOC1. The van der Waals surface area contributed by atoms with Crippen LogP contribution >= 0.6 is 11.3 Å². The first-order valence-corrected chi connectivity index (χ1v) is 5.80. The van der Waals surface area contributed by atoms with Crippen LogP contribution in [0.1, 0.15) is 17.8 Å². The lowest BCUT2D eigenvalue weighted by atomic mass is 9.80. The van der Waals surface area contributed by atoms with Crippen molar-refractivity contribution in [3.8, 4) is 0 Å². The summed E-state index contributed by atoms with van der Waals surface area (Å²) in [5.41, 5.74) is -0.0733. The predicted molar refractivity (Wildman–Crippen MR) is 55.4 cm³/mol. The largest absolute Gasteiger partial charge is 0.396 e. The van der Waals surface area contributed by atoms with Gasteiger partial charge in [0.1, 0.15) is 0 Å². The topological polar surface area (TPSA) is 42.4 Å². The zero-order valence-corrected chi connectivity index (χ0v) is 8.92. The van der Waals surface area contributed by atoms with Gasteiger partial charge in [0, 0.05) is 30.0 Å². The molecule has 0 amide bonds. The molecular weight excluding hydrogens is 198 g/mol. The number of rotatable bonds is 3. The third-order valence-corrected chi connectivity index (χ3v) is 3.53. The number of hydrogen-bond acceptors (Lipinski definition) is 4. The molecule has 3 nitrogen and oxygen atoms in total. The average Bonchev–Trinajstić information content (AvgIpc) is 2.72. The van der Waals surface area contributed by atoms with E-state index in [1.165, 1.54) is 0 Å². The number of thiazole rings is 1. The quantitative estimate of drug-likeness (QED) is 0.827. The second kappa shape index (κ2) is 4.38. The maximum absolute atomic E-state index is 9.44. The Labute approximate surface area is 87.7 Å². The molecule has 1 fully saturated rings. The Morgan fingerprint density at radius 1 is 1.64 bits per heavy atom. The number of ether oxygens (including phenoxy) is 1. The van der Waals surface area contributed by atoms with E-state index in [1.807, 2.05) is 11.6 Å². The summed E-state index contributed by atoms with van der Waals surface area (Å²) in [6.45, 7) is 1.70. The van der Waals surface area contributed by atoms with Gasteiger partial charge in [0.2, 0.25) is 0 Å². The third-order valence-electron chi connectivity index (χ3n) is 2.75. The van der Waals surface area contributed by atoms with Crippen molar-refractivity contribution in [2.24, 2.45) is 5.41 Å². The van der Waals surface area contributed by atoms with Crippen molar-refractivity contribution in [3.05, 3.63) is 16.6 Å². The van der Waals surface area contributed by atoms with Crippen LogP contribution in [-0.2, 0) is 11.2 Å². The molecule has 1 aliphatic heterocycles. The fourth-order valence-electron chi connectivity index (χ4n) is 1.89. The maximum atomic E-state index is 9.44. The second-order valence-electron chi connectivity index (χ2n) is 3.92. The number of aromatic nitrogens is 1. The van der Waals surface area contributed by atoms with Gasteiger partial charge in [0.05, 0.1) is 18.2 Å². The molecule has 1 aromatic rings. The van der Waals surface area contributed by atoms with Crippen molar-refractivity contribution in [2.45, 2.75) is 19.3 Å². The van der Waals surface area contributed by atoms with Gasteiger partial charge in [0.25, 0.3) is 0 Å². The second-order valence-corrected chi connectivity index (χ2v) is 4.90. The summed E-state index contributed by atoms with van der Waals surface area (Å²) in [5, 5.41) is 12.5. The summed E-state index contributed by atoms with van der Waals surface area (Å²) >= 11 is 1.65. The highest BCUT2D eigenvalue weighted by Crippen LogP contribution is 2.32. The first-order chi connectivity index (χ1) is 6.85. The van der Waals surface area contributed by atoms with Crippen molar-refractivity contribution >= 4 is 11.3 Å². The van der Waals surface area contributed by atoms with Crippen molar-refractivity contribution in [2.75, 3.05) is 19.8 Å². The molecule has 1 saturated heterocycles. The molecule has 78 valence electrons. The van der Waals surface area contributed by atoms with E-state index < -0.39 is 0 Å². The molecule has 4 heteroatoms. The molecule has 0 radical (unpaired) electrons. The first-order valence-electron chi connectivity index (χ1n) is 4.92. The highest BCUT2D eigenvalue weighted by Gasteiger charge is 2.33. The highest BCUT2D eigenvalue weighted by atomic mass is 32.1. The van der Waals surface area contributed by atoms with E-state index in [9.17, 15) is 5.11 Å². The van der Waals surface area contributed by atoms with Crippen LogP contribution in [0, 0.1) is 5.41 Å². The van der Waals surface area contributed by atoms with Crippen LogP contribution in [0.25, 0.3) is 0 Å². The lowest BCUT2D eigenvalue weighted by Gasteiger charge is -2.34. The van der Waals surface area contributed by atoms with Gasteiger partial charge in [-0.3, -0.25) is 0 Å². The zero-order chi connectivity index (χ0) is 9.86. The number of nitrogens with zero attached hydrogens (tertiary/aromatic N) is 1. The van der Waals surface area contributed by atoms with Crippen LogP contribution in [-0.4, -0.2) is 29.9 Å². The summed E-state index contributed by atoms with van der Waals surface area (Å²) in [6.07, 6.45) is 4.75. The van der Waals surface area contributed by atoms with Crippen LogP contribution in [0.3, 0.4) is 0 Å². The monoisotopic (exact) mass is 213 g/mol. The molecule has 2 heterocycles. The van der Waals surface area contributed by atoms with E-state index in [0.29, 0.717) is 6.61 Å². The van der Waals surface area contributed by atoms with Crippen LogP contribution < -0.4 is 0 Å². The molecule has 1 aliphatic rings.